The fraction of sp³-hybridized carbons (Fsp3) is 0.227. The largest absolute Gasteiger partial charge is 0.338 e. The molecule has 0 saturated carbocycles. The number of anilines is 2. The van der Waals surface area contributed by atoms with E-state index in [2.05, 4.69) is 15.0 Å². The number of thiazole rings is 1. The number of benzene rings is 2. The zero-order valence-corrected chi connectivity index (χ0v) is 19.0. The third-order valence-electron chi connectivity index (χ3n) is 5.25. The van der Waals surface area contributed by atoms with Crippen LogP contribution in [0.5, 0.6) is 0 Å². The van der Waals surface area contributed by atoms with Gasteiger partial charge in [-0.05, 0) is 43.2 Å². The van der Waals surface area contributed by atoms with Crippen molar-refractivity contribution < 1.29 is 22.4 Å². The summed E-state index contributed by atoms with van der Waals surface area (Å²) in [5.74, 6) is -1.66. The second-order valence-corrected chi connectivity index (χ2v) is 10.1. The van der Waals surface area contributed by atoms with Crippen molar-refractivity contribution in [3.8, 4) is 0 Å². The predicted octanol–water partition coefficient (Wildman–Crippen LogP) is 3.57. The van der Waals surface area contributed by atoms with Gasteiger partial charge in [0.2, 0.25) is 5.91 Å². The summed E-state index contributed by atoms with van der Waals surface area (Å²) in [7, 11) is -4.11. The molecule has 4 rings (SSSR count). The van der Waals surface area contributed by atoms with Crippen LogP contribution < -0.4 is 10.0 Å². The maximum atomic E-state index is 13.9. The number of hydrogen-bond acceptors (Lipinski definition) is 6. The Balaban J connectivity index is 1.48. The molecule has 1 aliphatic heterocycles. The molecule has 2 aromatic carbocycles. The summed E-state index contributed by atoms with van der Waals surface area (Å²) in [5.41, 5.74) is -0.00765. The number of carbonyl (C=O) groups excluding carboxylic acids is 2. The molecule has 11 heteroatoms. The lowest BCUT2D eigenvalue weighted by Gasteiger charge is -2.32. The number of sulfonamides is 1. The van der Waals surface area contributed by atoms with Crippen molar-refractivity contribution in [2.45, 2.75) is 17.7 Å². The van der Waals surface area contributed by atoms with E-state index in [4.69, 9.17) is 0 Å². The van der Waals surface area contributed by atoms with E-state index in [1.165, 1.54) is 53.8 Å². The Kier molecular flexibility index (Phi) is 6.70. The molecule has 1 saturated heterocycles. The molecular formula is C22H21FN4O4S2. The second kappa shape index (κ2) is 9.67. The van der Waals surface area contributed by atoms with Crippen molar-refractivity contribution in [3.63, 3.8) is 0 Å². The van der Waals surface area contributed by atoms with Crippen LogP contribution in [0.3, 0.4) is 0 Å². The van der Waals surface area contributed by atoms with Gasteiger partial charge in [-0.25, -0.2) is 17.8 Å². The highest BCUT2D eigenvalue weighted by atomic mass is 32.2. The first kappa shape index (κ1) is 22.9. The van der Waals surface area contributed by atoms with E-state index in [1.807, 2.05) is 0 Å². The van der Waals surface area contributed by atoms with E-state index in [0.29, 0.717) is 24.5 Å². The Bertz CT molecular complexity index is 1260. The van der Waals surface area contributed by atoms with Gasteiger partial charge in [0.15, 0.2) is 5.13 Å². The summed E-state index contributed by atoms with van der Waals surface area (Å²) in [4.78, 5) is 31.1. The van der Waals surface area contributed by atoms with Crippen LogP contribution in [0.2, 0.25) is 0 Å². The van der Waals surface area contributed by atoms with Gasteiger partial charge in [0, 0.05) is 30.2 Å². The Hall–Kier alpha value is -3.31. The van der Waals surface area contributed by atoms with Crippen molar-refractivity contribution >= 4 is 44.0 Å². The minimum atomic E-state index is -4.11. The molecule has 0 aliphatic carbocycles. The van der Waals surface area contributed by atoms with Gasteiger partial charge in [0.1, 0.15) is 5.82 Å². The molecule has 8 nitrogen and oxygen atoms in total. The molecule has 0 spiro atoms. The number of piperidine rings is 1. The van der Waals surface area contributed by atoms with Crippen LogP contribution >= 0.6 is 11.3 Å². The van der Waals surface area contributed by atoms with E-state index in [-0.39, 0.29) is 40.4 Å². The molecular weight excluding hydrogens is 467 g/mol. The van der Waals surface area contributed by atoms with E-state index in [1.54, 1.807) is 16.5 Å². The van der Waals surface area contributed by atoms with Crippen molar-refractivity contribution in [1.82, 2.24) is 9.88 Å². The molecule has 172 valence electrons. The van der Waals surface area contributed by atoms with Crippen LogP contribution in [-0.4, -0.2) is 43.2 Å². The third-order valence-corrected chi connectivity index (χ3v) is 7.30. The lowest BCUT2D eigenvalue weighted by Crippen LogP contribution is -2.43. The summed E-state index contributed by atoms with van der Waals surface area (Å²) in [6, 6.07) is 11.0. The molecule has 33 heavy (non-hydrogen) atoms. The fourth-order valence-corrected chi connectivity index (χ4v) is 5.24. The molecule has 0 bridgehead atoms. The van der Waals surface area contributed by atoms with E-state index < -0.39 is 15.8 Å². The normalized spacial score (nSPS) is 16.3. The van der Waals surface area contributed by atoms with Gasteiger partial charge in [-0.2, -0.15) is 0 Å². The van der Waals surface area contributed by atoms with Crippen molar-refractivity contribution in [1.29, 1.82) is 0 Å². The zero-order chi connectivity index (χ0) is 23.4. The number of carbonyl (C=O) groups is 2. The van der Waals surface area contributed by atoms with Gasteiger partial charge in [0.05, 0.1) is 16.5 Å². The predicted molar refractivity (Wildman–Crippen MR) is 123 cm³/mol. The SMILES string of the molecule is O=C(Nc1nccs1)C1CCCN(C(=O)c2cccc(S(=O)(=O)Nc3ccccc3F)c2)C1. The van der Waals surface area contributed by atoms with Gasteiger partial charge in [-0.1, -0.05) is 18.2 Å². The summed E-state index contributed by atoms with van der Waals surface area (Å²) < 4.78 is 41.6. The molecule has 1 unspecified atom stereocenters. The lowest BCUT2D eigenvalue weighted by molar-refractivity contribution is -0.121. The van der Waals surface area contributed by atoms with Crippen molar-refractivity contribution in [3.05, 3.63) is 71.5 Å². The quantitative estimate of drug-likeness (QED) is 0.551. The van der Waals surface area contributed by atoms with Gasteiger partial charge in [-0.3, -0.25) is 14.3 Å². The average Bonchev–Trinajstić information content (AvgIpc) is 3.33. The molecule has 2 N–H and O–H groups in total. The summed E-state index contributed by atoms with van der Waals surface area (Å²) in [5, 5.41) is 5.02. The summed E-state index contributed by atoms with van der Waals surface area (Å²) in [6.45, 7) is 0.685. The van der Waals surface area contributed by atoms with Gasteiger partial charge >= 0.3 is 0 Å². The standard InChI is InChI=1S/C22H21FN4O4S2/c23-18-8-1-2-9-19(18)26-33(30,31)17-7-3-5-15(13-17)21(29)27-11-4-6-16(14-27)20(28)25-22-24-10-12-32-22/h1-3,5,7-10,12-13,16,26H,4,6,11,14H2,(H,24,25,28). The molecule has 1 aromatic heterocycles. The lowest BCUT2D eigenvalue weighted by atomic mass is 9.96. The second-order valence-electron chi connectivity index (χ2n) is 7.53. The summed E-state index contributed by atoms with van der Waals surface area (Å²) >= 11 is 1.31. The van der Waals surface area contributed by atoms with Crippen LogP contribution in [0.1, 0.15) is 23.2 Å². The van der Waals surface area contributed by atoms with E-state index in [9.17, 15) is 22.4 Å². The highest BCUT2D eigenvalue weighted by Gasteiger charge is 2.30. The number of hydrogen-bond donors (Lipinski definition) is 2. The molecule has 1 aliphatic rings. The molecule has 1 fully saturated rings. The number of rotatable bonds is 6. The monoisotopic (exact) mass is 488 g/mol. The zero-order valence-electron chi connectivity index (χ0n) is 17.4. The smallest absolute Gasteiger partial charge is 0.262 e. The minimum Gasteiger partial charge on any atom is -0.338 e. The number of aromatic nitrogens is 1. The van der Waals surface area contributed by atoms with Gasteiger partial charge in [-0.15, -0.1) is 11.3 Å². The first-order valence-electron chi connectivity index (χ1n) is 10.2. The Morgan fingerprint density at radius 1 is 1.15 bits per heavy atom. The summed E-state index contributed by atoms with van der Waals surface area (Å²) in [6.07, 6.45) is 2.88. The van der Waals surface area contributed by atoms with Crippen LogP contribution in [0.25, 0.3) is 0 Å². The minimum absolute atomic E-state index is 0.160. The molecule has 3 aromatic rings. The van der Waals surface area contributed by atoms with Crippen LogP contribution in [-0.2, 0) is 14.8 Å². The number of nitrogens with one attached hydrogen (secondary N) is 2. The first-order valence-corrected chi connectivity index (χ1v) is 12.6. The fourth-order valence-electron chi connectivity index (χ4n) is 3.59. The Labute approximate surface area is 194 Å². The number of halogens is 1. The highest BCUT2D eigenvalue weighted by molar-refractivity contribution is 7.92. The number of para-hydroxylation sites is 1. The average molecular weight is 489 g/mol. The maximum absolute atomic E-state index is 13.9. The highest BCUT2D eigenvalue weighted by Crippen LogP contribution is 2.23. The number of nitrogens with zero attached hydrogens (tertiary/aromatic N) is 2. The van der Waals surface area contributed by atoms with Gasteiger partial charge in [0.25, 0.3) is 15.9 Å². The molecule has 0 radical (unpaired) electrons. The first-order chi connectivity index (χ1) is 15.8. The van der Waals surface area contributed by atoms with Crippen molar-refractivity contribution in [2.75, 3.05) is 23.1 Å². The topological polar surface area (TPSA) is 108 Å². The maximum Gasteiger partial charge on any atom is 0.262 e. The number of amides is 2. The van der Waals surface area contributed by atoms with Crippen LogP contribution in [0.15, 0.2) is 65.0 Å². The Morgan fingerprint density at radius 3 is 2.73 bits per heavy atom. The number of likely N-dealkylation sites (tertiary alicyclic amines) is 1. The molecule has 2 heterocycles. The van der Waals surface area contributed by atoms with Crippen LogP contribution in [0, 0.1) is 11.7 Å². The Morgan fingerprint density at radius 2 is 1.97 bits per heavy atom. The third kappa shape index (κ3) is 5.37. The molecule has 2 amide bonds. The van der Waals surface area contributed by atoms with Crippen LogP contribution in [0.4, 0.5) is 15.2 Å². The molecule has 1 atom stereocenters. The van der Waals surface area contributed by atoms with E-state index in [0.717, 1.165) is 6.07 Å². The van der Waals surface area contributed by atoms with Crippen molar-refractivity contribution in [2.24, 2.45) is 5.92 Å². The van der Waals surface area contributed by atoms with Gasteiger partial charge < -0.3 is 10.2 Å². The van der Waals surface area contributed by atoms with E-state index >= 15 is 0 Å².